The van der Waals surface area contributed by atoms with E-state index in [4.69, 9.17) is 0 Å². The molecule has 1 N–H and O–H groups in total. The van der Waals surface area contributed by atoms with Gasteiger partial charge in [-0.05, 0) is 48.5 Å². The van der Waals surface area contributed by atoms with Crippen LogP contribution in [0.1, 0.15) is 10.4 Å². The Morgan fingerprint density at radius 3 is 2.55 bits per heavy atom. The predicted octanol–water partition coefficient (Wildman–Crippen LogP) is 3.83. The van der Waals surface area contributed by atoms with Crippen LogP contribution in [0.5, 0.6) is 0 Å². The lowest BCUT2D eigenvalue weighted by atomic mass is 10.2. The lowest BCUT2D eigenvalue weighted by Gasteiger charge is -2.08. The average Bonchev–Trinajstić information content (AvgIpc) is 3.08. The van der Waals surface area contributed by atoms with Gasteiger partial charge in [0.25, 0.3) is 21.6 Å². The highest BCUT2D eigenvalue weighted by molar-refractivity contribution is 7.92. The summed E-state index contributed by atoms with van der Waals surface area (Å²) in [6, 6.07) is 14.5. The Morgan fingerprint density at radius 2 is 1.85 bits per heavy atom. The fourth-order valence-electron chi connectivity index (χ4n) is 3.04. The molecular formula is C21H15FN4O5S2. The van der Waals surface area contributed by atoms with E-state index >= 15 is 0 Å². The van der Waals surface area contributed by atoms with Crippen LogP contribution in [0.15, 0.2) is 76.6 Å². The number of rotatable bonds is 5. The molecule has 9 nitrogen and oxygen atoms in total. The molecule has 1 heterocycles. The smallest absolute Gasteiger partial charge is 0.279 e. The molecule has 168 valence electrons. The zero-order valence-electron chi connectivity index (χ0n) is 16.9. The number of amides is 1. The molecule has 0 bridgehead atoms. The van der Waals surface area contributed by atoms with Crippen LogP contribution < -0.4 is 9.52 Å². The molecule has 33 heavy (non-hydrogen) atoms. The van der Waals surface area contributed by atoms with E-state index in [1.165, 1.54) is 36.4 Å². The number of benzene rings is 3. The van der Waals surface area contributed by atoms with Crippen molar-refractivity contribution < 1.29 is 22.5 Å². The Bertz CT molecular complexity index is 1570. The highest BCUT2D eigenvalue weighted by Crippen LogP contribution is 2.23. The van der Waals surface area contributed by atoms with Crippen LogP contribution >= 0.6 is 11.3 Å². The van der Waals surface area contributed by atoms with Crippen LogP contribution in [0.3, 0.4) is 0 Å². The number of nitrogens with one attached hydrogen (secondary N) is 1. The highest BCUT2D eigenvalue weighted by Gasteiger charge is 2.16. The van der Waals surface area contributed by atoms with Gasteiger partial charge in [-0.3, -0.25) is 19.6 Å². The minimum Gasteiger partial charge on any atom is -0.319 e. The number of halogens is 1. The van der Waals surface area contributed by atoms with E-state index in [2.05, 4.69) is 9.71 Å². The maximum Gasteiger partial charge on any atom is 0.279 e. The third-order valence-electron chi connectivity index (χ3n) is 4.69. The number of carbonyl (C=O) groups excluding carboxylic acids is 1. The van der Waals surface area contributed by atoms with Gasteiger partial charge in [0.2, 0.25) is 0 Å². The summed E-state index contributed by atoms with van der Waals surface area (Å²) in [5.74, 6) is -1.18. The van der Waals surface area contributed by atoms with Crippen molar-refractivity contribution in [2.75, 3.05) is 4.72 Å². The largest absolute Gasteiger partial charge is 0.319 e. The second-order valence-corrected chi connectivity index (χ2v) is 9.60. The van der Waals surface area contributed by atoms with Gasteiger partial charge in [0.05, 0.1) is 20.0 Å². The van der Waals surface area contributed by atoms with Crippen molar-refractivity contribution in [3.8, 4) is 0 Å². The quantitative estimate of drug-likeness (QED) is 0.339. The molecule has 12 heteroatoms. The maximum atomic E-state index is 13.1. The standard InChI is InChI=1S/C21H15FN4O5S2/c1-25-18-10-7-16(26(28)29)12-19(18)32-21(25)23-20(27)13-3-2-4-15(11-13)24-33(30,31)17-8-5-14(22)6-9-17/h2-12,24H,1H3. The number of nitrogens with zero attached hydrogens (tertiary/aromatic N) is 3. The van der Waals surface area contributed by atoms with Crippen molar-refractivity contribution in [2.24, 2.45) is 12.0 Å². The molecule has 3 aromatic carbocycles. The minimum atomic E-state index is -3.98. The van der Waals surface area contributed by atoms with Crippen LogP contribution in [0.2, 0.25) is 0 Å². The zero-order valence-corrected chi connectivity index (χ0v) is 18.6. The number of aromatic nitrogens is 1. The number of non-ortho nitro benzene ring substituents is 1. The molecule has 0 fully saturated rings. The molecule has 0 saturated carbocycles. The Kier molecular flexibility index (Phi) is 5.78. The normalized spacial score (nSPS) is 12.1. The van der Waals surface area contributed by atoms with Crippen molar-refractivity contribution in [3.05, 3.63) is 93.0 Å². The van der Waals surface area contributed by atoms with Crippen molar-refractivity contribution >= 4 is 48.9 Å². The van der Waals surface area contributed by atoms with Crippen LogP contribution in [0, 0.1) is 15.9 Å². The number of aryl methyl sites for hydroxylation is 1. The fourth-order valence-corrected chi connectivity index (χ4v) is 5.14. The number of carbonyl (C=O) groups is 1. The van der Waals surface area contributed by atoms with Crippen LogP contribution in [0.4, 0.5) is 15.8 Å². The summed E-state index contributed by atoms with van der Waals surface area (Å²) in [4.78, 5) is 27.5. The summed E-state index contributed by atoms with van der Waals surface area (Å²) < 4.78 is 42.7. The Balaban J connectivity index is 1.64. The molecule has 0 radical (unpaired) electrons. The van der Waals surface area contributed by atoms with Crippen molar-refractivity contribution in [1.82, 2.24) is 4.57 Å². The number of hydrogen-bond acceptors (Lipinski definition) is 6. The van der Waals surface area contributed by atoms with Crippen molar-refractivity contribution in [3.63, 3.8) is 0 Å². The first kappa shape index (κ1) is 22.3. The second kappa shape index (κ2) is 8.56. The number of hydrogen-bond donors (Lipinski definition) is 1. The number of nitro benzene ring substituents is 1. The third-order valence-corrected chi connectivity index (χ3v) is 7.18. The monoisotopic (exact) mass is 486 g/mol. The lowest BCUT2D eigenvalue weighted by Crippen LogP contribution is -2.14. The van der Waals surface area contributed by atoms with E-state index in [0.29, 0.717) is 15.0 Å². The van der Waals surface area contributed by atoms with Gasteiger partial charge in [-0.2, -0.15) is 4.99 Å². The van der Waals surface area contributed by atoms with Gasteiger partial charge in [-0.1, -0.05) is 17.4 Å². The molecule has 1 aromatic heterocycles. The van der Waals surface area contributed by atoms with Crippen LogP contribution in [-0.2, 0) is 17.1 Å². The Labute approximate surface area is 190 Å². The Hall–Kier alpha value is -3.90. The van der Waals surface area contributed by atoms with Gasteiger partial charge in [-0.25, -0.2) is 12.8 Å². The molecular weight excluding hydrogens is 471 g/mol. The maximum absolute atomic E-state index is 13.1. The first-order valence-corrected chi connectivity index (χ1v) is 11.7. The van der Waals surface area contributed by atoms with Gasteiger partial charge in [0, 0.05) is 30.4 Å². The average molecular weight is 487 g/mol. The van der Waals surface area contributed by atoms with Gasteiger partial charge < -0.3 is 4.57 Å². The first-order valence-electron chi connectivity index (χ1n) is 9.35. The summed E-state index contributed by atoms with van der Waals surface area (Å²) in [6.07, 6.45) is 0. The summed E-state index contributed by atoms with van der Waals surface area (Å²) in [6.45, 7) is 0. The number of nitro groups is 1. The molecule has 0 atom stereocenters. The van der Waals surface area contributed by atoms with E-state index in [-0.39, 0.29) is 21.8 Å². The molecule has 4 aromatic rings. The van der Waals surface area contributed by atoms with Gasteiger partial charge in [-0.15, -0.1) is 0 Å². The van der Waals surface area contributed by atoms with Gasteiger partial charge in [0.15, 0.2) is 4.80 Å². The van der Waals surface area contributed by atoms with Gasteiger partial charge in [0.1, 0.15) is 5.82 Å². The molecule has 0 spiro atoms. The molecule has 0 aliphatic heterocycles. The second-order valence-electron chi connectivity index (χ2n) is 6.91. The molecule has 0 aliphatic rings. The van der Waals surface area contributed by atoms with E-state index < -0.39 is 26.7 Å². The van der Waals surface area contributed by atoms with E-state index in [1.807, 2.05) is 0 Å². The number of sulfonamides is 1. The lowest BCUT2D eigenvalue weighted by molar-refractivity contribution is -0.384. The highest BCUT2D eigenvalue weighted by atomic mass is 32.2. The van der Waals surface area contributed by atoms with Gasteiger partial charge >= 0.3 is 0 Å². The topological polar surface area (TPSA) is 124 Å². The molecule has 0 aliphatic carbocycles. The summed E-state index contributed by atoms with van der Waals surface area (Å²) in [7, 11) is -2.30. The molecule has 4 rings (SSSR count). The molecule has 0 unspecified atom stereocenters. The minimum absolute atomic E-state index is 0.0663. The summed E-state index contributed by atoms with van der Waals surface area (Å²) >= 11 is 1.12. The molecule has 0 saturated heterocycles. The van der Waals surface area contributed by atoms with Crippen LogP contribution in [0.25, 0.3) is 10.2 Å². The third kappa shape index (κ3) is 4.66. The van der Waals surface area contributed by atoms with Crippen molar-refractivity contribution in [2.45, 2.75) is 4.90 Å². The van der Waals surface area contributed by atoms with Crippen molar-refractivity contribution in [1.29, 1.82) is 0 Å². The number of thiazole rings is 1. The zero-order chi connectivity index (χ0) is 23.8. The number of fused-ring (bicyclic) bond motifs is 1. The number of anilines is 1. The van der Waals surface area contributed by atoms with E-state index in [9.17, 15) is 27.7 Å². The van der Waals surface area contributed by atoms with E-state index in [1.54, 1.807) is 17.7 Å². The Morgan fingerprint density at radius 1 is 1.12 bits per heavy atom. The first-order chi connectivity index (χ1) is 15.6. The van der Waals surface area contributed by atoms with Crippen LogP contribution in [-0.4, -0.2) is 23.8 Å². The summed E-state index contributed by atoms with van der Waals surface area (Å²) in [5, 5.41) is 11.0. The SMILES string of the molecule is Cn1c(=NC(=O)c2cccc(NS(=O)(=O)c3ccc(F)cc3)c2)sc2cc([N+](=O)[O-])ccc21. The summed E-state index contributed by atoms with van der Waals surface area (Å²) in [5.41, 5.74) is 0.885. The fraction of sp³-hybridized carbons (Fsp3) is 0.0476. The molecule has 1 amide bonds. The van der Waals surface area contributed by atoms with E-state index in [0.717, 1.165) is 35.6 Å². The predicted molar refractivity (Wildman–Crippen MR) is 121 cm³/mol.